The Hall–Kier alpha value is -2.02. The molecule has 5 nitrogen and oxygen atoms in total. The third-order valence-corrected chi connectivity index (χ3v) is 3.40. The second-order valence-corrected chi connectivity index (χ2v) is 4.96. The van der Waals surface area contributed by atoms with E-state index in [1.54, 1.807) is 0 Å². The molecule has 1 atom stereocenters. The molecule has 0 bridgehead atoms. The molecule has 2 aromatic rings. The molecule has 3 rings (SSSR count). The van der Waals surface area contributed by atoms with Crippen LogP contribution in [0.2, 0.25) is 0 Å². The SMILES string of the molecule is NC1CCCN(c2n[nH]c(-c3ccc(F)cc3F)n2)C1. The van der Waals surface area contributed by atoms with Crippen molar-refractivity contribution in [1.82, 2.24) is 15.2 Å². The Kier molecular flexibility index (Phi) is 3.35. The number of nitrogens with two attached hydrogens (primary N) is 1. The highest BCUT2D eigenvalue weighted by atomic mass is 19.1. The predicted octanol–water partition coefficient (Wildman–Crippen LogP) is 1.68. The molecule has 20 heavy (non-hydrogen) atoms. The summed E-state index contributed by atoms with van der Waals surface area (Å²) in [7, 11) is 0. The maximum Gasteiger partial charge on any atom is 0.245 e. The zero-order valence-corrected chi connectivity index (χ0v) is 10.8. The molecule has 2 heterocycles. The normalized spacial score (nSPS) is 19.4. The van der Waals surface area contributed by atoms with Gasteiger partial charge in [-0.05, 0) is 25.0 Å². The largest absolute Gasteiger partial charge is 0.338 e. The maximum atomic E-state index is 13.7. The Bertz CT molecular complexity index is 613. The Labute approximate surface area is 114 Å². The van der Waals surface area contributed by atoms with E-state index in [0.29, 0.717) is 12.5 Å². The number of hydrogen-bond acceptors (Lipinski definition) is 4. The summed E-state index contributed by atoms with van der Waals surface area (Å²) in [5, 5.41) is 6.78. The van der Waals surface area contributed by atoms with E-state index >= 15 is 0 Å². The minimum absolute atomic E-state index is 0.105. The molecule has 0 spiro atoms. The van der Waals surface area contributed by atoms with E-state index in [4.69, 9.17) is 5.73 Å². The quantitative estimate of drug-likeness (QED) is 0.877. The molecule has 1 unspecified atom stereocenters. The smallest absolute Gasteiger partial charge is 0.245 e. The Morgan fingerprint density at radius 3 is 2.95 bits per heavy atom. The monoisotopic (exact) mass is 279 g/mol. The van der Waals surface area contributed by atoms with Gasteiger partial charge in [0.1, 0.15) is 11.6 Å². The standard InChI is InChI=1S/C13H15F2N5/c14-8-3-4-10(11(15)6-8)12-17-13(19-18-12)20-5-1-2-9(16)7-20/h3-4,6,9H,1-2,5,7,16H2,(H,17,18,19). The van der Waals surface area contributed by atoms with Crippen LogP contribution in [0.4, 0.5) is 14.7 Å². The van der Waals surface area contributed by atoms with Gasteiger partial charge in [0.15, 0.2) is 5.82 Å². The van der Waals surface area contributed by atoms with Gasteiger partial charge >= 0.3 is 0 Å². The fourth-order valence-electron chi connectivity index (χ4n) is 2.39. The first-order valence-electron chi connectivity index (χ1n) is 6.52. The highest BCUT2D eigenvalue weighted by molar-refractivity contribution is 5.57. The molecule has 1 aromatic carbocycles. The summed E-state index contributed by atoms with van der Waals surface area (Å²) in [5.74, 6) is -0.494. The second kappa shape index (κ2) is 5.16. The molecule has 1 aliphatic rings. The number of piperidine rings is 1. The van der Waals surface area contributed by atoms with Crippen molar-refractivity contribution < 1.29 is 8.78 Å². The number of anilines is 1. The summed E-state index contributed by atoms with van der Waals surface area (Å²) in [6.07, 6.45) is 1.97. The Balaban J connectivity index is 1.86. The van der Waals surface area contributed by atoms with Crippen LogP contribution in [-0.2, 0) is 0 Å². The van der Waals surface area contributed by atoms with Gasteiger partial charge in [0.2, 0.25) is 5.95 Å². The average molecular weight is 279 g/mol. The highest BCUT2D eigenvalue weighted by Crippen LogP contribution is 2.22. The van der Waals surface area contributed by atoms with Crippen molar-refractivity contribution in [2.75, 3.05) is 18.0 Å². The van der Waals surface area contributed by atoms with E-state index in [-0.39, 0.29) is 17.4 Å². The van der Waals surface area contributed by atoms with Gasteiger partial charge in [0, 0.05) is 25.2 Å². The topological polar surface area (TPSA) is 70.8 Å². The summed E-state index contributed by atoms with van der Waals surface area (Å²) in [4.78, 5) is 6.24. The fourth-order valence-corrected chi connectivity index (χ4v) is 2.39. The van der Waals surface area contributed by atoms with Gasteiger partial charge in [-0.1, -0.05) is 0 Å². The van der Waals surface area contributed by atoms with Gasteiger partial charge in [-0.15, -0.1) is 5.10 Å². The van der Waals surface area contributed by atoms with E-state index in [1.165, 1.54) is 12.1 Å². The van der Waals surface area contributed by atoms with Crippen LogP contribution < -0.4 is 10.6 Å². The first-order chi connectivity index (χ1) is 9.63. The van der Waals surface area contributed by atoms with Crippen LogP contribution in [0, 0.1) is 11.6 Å². The van der Waals surface area contributed by atoms with Crippen molar-refractivity contribution in [3.63, 3.8) is 0 Å². The molecular weight excluding hydrogens is 264 g/mol. The molecule has 1 aromatic heterocycles. The third kappa shape index (κ3) is 2.49. The van der Waals surface area contributed by atoms with E-state index < -0.39 is 11.6 Å². The van der Waals surface area contributed by atoms with Crippen LogP contribution in [0.1, 0.15) is 12.8 Å². The molecule has 3 N–H and O–H groups in total. The van der Waals surface area contributed by atoms with Crippen molar-refractivity contribution in [3.8, 4) is 11.4 Å². The number of rotatable bonds is 2. The van der Waals surface area contributed by atoms with Crippen molar-refractivity contribution in [2.45, 2.75) is 18.9 Å². The number of aromatic nitrogens is 3. The minimum atomic E-state index is -0.664. The molecule has 1 saturated heterocycles. The van der Waals surface area contributed by atoms with Crippen LogP contribution in [0.15, 0.2) is 18.2 Å². The summed E-state index contributed by atoms with van der Waals surface area (Å²) in [6, 6.07) is 3.47. The minimum Gasteiger partial charge on any atom is -0.338 e. The molecule has 0 radical (unpaired) electrons. The number of H-pyrrole nitrogens is 1. The molecular formula is C13H15F2N5. The van der Waals surface area contributed by atoms with E-state index in [1.807, 2.05) is 4.90 Å². The van der Waals surface area contributed by atoms with Crippen LogP contribution in [0.5, 0.6) is 0 Å². The lowest BCUT2D eigenvalue weighted by Crippen LogP contribution is -2.43. The number of nitrogens with one attached hydrogen (secondary N) is 1. The van der Waals surface area contributed by atoms with Gasteiger partial charge in [-0.25, -0.2) is 8.78 Å². The van der Waals surface area contributed by atoms with Gasteiger partial charge in [-0.2, -0.15) is 4.98 Å². The second-order valence-electron chi connectivity index (χ2n) is 4.96. The van der Waals surface area contributed by atoms with Gasteiger partial charge in [0.05, 0.1) is 5.56 Å². The summed E-state index contributed by atoms with van der Waals surface area (Å²) in [5.41, 5.74) is 6.11. The van der Waals surface area contributed by atoms with Gasteiger partial charge < -0.3 is 10.6 Å². The van der Waals surface area contributed by atoms with E-state index in [0.717, 1.165) is 25.5 Å². The van der Waals surface area contributed by atoms with Crippen LogP contribution in [0.3, 0.4) is 0 Å². The molecule has 106 valence electrons. The fraction of sp³-hybridized carbons (Fsp3) is 0.385. The molecule has 1 aliphatic heterocycles. The average Bonchev–Trinajstić information content (AvgIpc) is 2.88. The Morgan fingerprint density at radius 2 is 2.20 bits per heavy atom. The van der Waals surface area contributed by atoms with E-state index in [9.17, 15) is 8.78 Å². The van der Waals surface area contributed by atoms with Crippen LogP contribution in [0.25, 0.3) is 11.4 Å². The molecule has 0 aliphatic carbocycles. The van der Waals surface area contributed by atoms with Crippen LogP contribution >= 0.6 is 0 Å². The number of benzene rings is 1. The van der Waals surface area contributed by atoms with Crippen molar-refractivity contribution in [1.29, 1.82) is 0 Å². The van der Waals surface area contributed by atoms with Crippen molar-refractivity contribution >= 4 is 5.95 Å². The number of halogens is 2. The molecule has 0 saturated carbocycles. The lowest BCUT2D eigenvalue weighted by Gasteiger charge is -2.29. The zero-order valence-electron chi connectivity index (χ0n) is 10.8. The first kappa shape index (κ1) is 13.0. The lowest BCUT2D eigenvalue weighted by atomic mass is 10.1. The third-order valence-electron chi connectivity index (χ3n) is 3.40. The van der Waals surface area contributed by atoms with Crippen molar-refractivity contribution in [2.24, 2.45) is 5.73 Å². The van der Waals surface area contributed by atoms with Gasteiger partial charge in [0.25, 0.3) is 0 Å². The summed E-state index contributed by atoms with van der Waals surface area (Å²) < 4.78 is 26.6. The number of aromatic amines is 1. The summed E-state index contributed by atoms with van der Waals surface area (Å²) >= 11 is 0. The number of hydrogen-bond donors (Lipinski definition) is 2. The lowest BCUT2D eigenvalue weighted by molar-refractivity contribution is 0.500. The highest BCUT2D eigenvalue weighted by Gasteiger charge is 2.21. The van der Waals surface area contributed by atoms with Crippen molar-refractivity contribution in [3.05, 3.63) is 29.8 Å². The van der Waals surface area contributed by atoms with Crippen LogP contribution in [-0.4, -0.2) is 34.3 Å². The molecule has 1 fully saturated rings. The zero-order chi connectivity index (χ0) is 14.1. The molecule has 0 amide bonds. The van der Waals surface area contributed by atoms with Gasteiger partial charge in [-0.3, -0.25) is 5.10 Å². The summed E-state index contributed by atoms with van der Waals surface area (Å²) in [6.45, 7) is 1.51. The number of nitrogens with zero attached hydrogens (tertiary/aromatic N) is 3. The van der Waals surface area contributed by atoms with E-state index in [2.05, 4.69) is 15.2 Å². The first-order valence-corrected chi connectivity index (χ1v) is 6.52. The maximum absolute atomic E-state index is 13.7. The molecule has 7 heteroatoms. The predicted molar refractivity (Wildman–Crippen MR) is 71.2 cm³/mol. The Morgan fingerprint density at radius 1 is 1.35 bits per heavy atom.